The van der Waals surface area contributed by atoms with Gasteiger partial charge in [0.15, 0.2) is 0 Å². The lowest BCUT2D eigenvalue weighted by molar-refractivity contribution is -0.137. The van der Waals surface area contributed by atoms with Crippen LogP contribution in [0.3, 0.4) is 0 Å². The number of halogens is 2. The molecular weight excluding hydrogens is 549 g/mol. The Morgan fingerprint density at radius 1 is 1.00 bits per heavy atom. The van der Waals surface area contributed by atoms with Crippen LogP contribution in [0.5, 0.6) is 0 Å². The molecule has 214 valence electrons. The van der Waals surface area contributed by atoms with Crippen molar-refractivity contribution in [1.82, 2.24) is 10.2 Å². The Hall–Kier alpha value is -2.90. The zero-order valence-electron chi connectivity index (χ0n) is 23.3. The molecule has 0 bridgehead atoms. The van der Waals surface area contributed by atoms with Gasteiger partial charge in [0.25, 0.3) is 11.8 Å². The van der Waals surface area contributed by atoms with Gasteiger partial charge in [0.05, 0.1) is 12.5 Å². The molecule has 0 radical (unpaired) electrons. The molecule has 2 atom stereocenters. The number of hydrogen-bond donors (Lipinski definition) is 2. The summed E-state index contributed by atoms with van der Waals surface area (Å²) in [5, 5.41) is 12.6. The largest absolute Gasteiger partial charge is 0.481 e. The number of benzene rings is 2. The van der Waals surface area contributed by atoms with Crippen LogP contribution in [-0.2, 0) is 9.59 Å². The summed E-state index contributed by atoms with van der Waals surface area (Å²) in [5.74, 6) is -0.984. The van der Waals surface area contributed by atoms with Gasteiger partial charge < -0.3 is 15.3 Å². The lowest BCUT2D eigenvalue weighted by Crippen LogP contribution is -2.50. The summed E-state index contributed by atoms with van der Waals surface area (Å²) in [4.78, 5) is 45.1. The first-order valence-electron chi connectivity index (χ1n) is 14.0. The predicted octanol–water partition coefficient (Wildman–Crippen LogP) is 7.06. The number of carboxylic acids is 1. The monoisotopic (exact) mass is 585 g/mol. The summed E-state index contributed by atoms with van der Waals surface area (Å²) in [6.45, 7) is 6.00. The molecule has 2 aliphatic rings. The Balaban J connectivity index is 1.69. The molecule has 2 N–H and O–H groups in total. The van der Waals surface area contributed by atoms with Crippen molar-refractivity contribution in [2.75, 3.05) is 0 Å². The third kappa shape index (κ3) is 6.87. The van der Waals surface area contributed by atoms with E-state index in [2.05, 4.69) is 19.2 Å². The van der Waals surface area contributed by atoms with E-state index in [0.717, 1.165) is 50.5 Å². The third-order valence-electron chi connectivity index (χ3n) is 7.73. The number of carbonyl (C=O) groups is 3. The fourth-order valence-corrected chi connectivity index (χ4v) is 6.33. The first-order valence-corrected chi connectivity index (χ1v) is 14.8. The Morgan fingerprint density at radius 3 is 2.20 bits per heavy atom. The van der Waals surface area contributed by atoms with Gasteiger partial charge in [-0.1, -0.05) is 55.6 Å². The Labute approximate surface area is 246 Å². The predicted molar refractivity (Wildman–Crippen MR) is 158 cm³/mol. The van der Waals surface area contributed by atoms with Crippen molar-refractivity contribution in [2.24, 2.45) is 10.9 Å². The molecule has 0 aromatic heterocycles. The number of amides is 2. The lowest BCUT2D eigenvalue weighted by Gasteiger charge is -2.44. The summed E-state index contributed by atoms with van der Waals surface area (Å²) in [5.41, 5.74) is 1.76. The van der Waals surface area contributed by atoms with Crippen molar-refractivity contribution < 1.29 is 19.5 Å². The fraction of sp³-hybridized carbons (Fsp3) is 0.484. The highest BCUT2D eigenvalue weighted by Gasteiger charge is 2.50. The second-order valence-electron chi connectivity index (χ2n) is 11.4. The van der Waals surface area contributed by atoms with Gasteiger partial charge in [-0.25, -0.2) is 0 Å². The van der Waals surface area contributed by atoms with Gasteiger partial charge in [0.1, 0.15) is 11.4 Å². The van der Waals surface area contributed by atoms with E-state index in [0.29, 0.717) is 32.8 Å². The van der Waals surface area contributed by atoms with E-state index in [9.17, 15) is 14.4 Å². The number of carbonyl (C=O) groups excluding carboxylic acids is 2. The van der Waals surface area contributed by atoms with Gasteiger partial charge in [-0.15, -0.1) is 0 Å². The van der Waals surface area contributed by atoms with E-state index in [1.54, 1.807) is 37.3 Å². The molecule has 40 heavy (non-hydrogen) atoms. The highest BCUT2D eigenvalue weighted by Crippen LogP contribution is 2.46. The summed E-state index contributed by atoms with van der Waals surface area (Å²) in [6.07, 6.45) is 6.18. The molecule has 1 fully saturated rings. The molecule has 2 amide bonds. The summed E-state index contributed by atoms with van der Waals surface area (Å²) in [6, 6.07) is 11.7. The molecular formula is C31H37Cl2N3O4. The number of nitrogens with one attached hydrogen (secondary N) is 1. The van der Waals surface area contributed by atoms with Gasteiger partial charge in [-0.2, -0.15) is 0 Å². The molecule has 4 rings (SSSR count). The van der Waals surface area contributed by atoms with Gasteiger partial charge >= 0.3 is 5.97 Å². The average Bonchev–Trinajstić information content (AvgIpc) is 3.15. The van der Waals surface area contributed by atoms with Gasteiger partial charge in [0, 0.05) is 27.2 Å². The molecule has 1 aliphatic carbocycles. The molecule has 1 spiro atoms. The number of carboxylic acid groups (broad SMARTS) is 1. The highest BCUT2D eigenvalue weighted by atomic mass is 35.5. The number of aliphatic carboxylic acids is 1. The lowest BCUT2D eigenvalue weighted by atomic mass is 9.85. The molecule has 7 nitrogen and oxygen atoms in total. The van der Waals surface area contributed by atoms with E-state index in [1.807, 2.05) is 17.0 Å². The molecule has 0 saturated heterocycles. The van der Waals surface area contributed by atoms with Crippen molar-refractivity contribution >= 4 is 46.7 Å². The van der Waals surface area contributed by atoms with Crippen molar-refractivity contribution in [1.29, 1.82) is 0 Å². The van der Waals surface area contributed by atoms with Crippen LogP contribution in [0.15, 0.2) is 47.5 Å². The van der Waals surface area contributed by atoms with Crippen LogP contribution in [-0.4, -0.2) is 45.2 Å². The SMILES string of the molecule is CC(C)CC[C@H](c1ccc(C(=O)N[C@@H](C)CC(=O)O)cc1)N1C(=O)C(c2cc(Cl)cc(Cl)c2)=NC12CCCCC2. The average molecular weight is 587 g/mol. The first-order chi connectivity index (χ1) is 19.0. The maximum absolute atomic E-state index is 14.2. The van der Waals surface area contributed by atoms with E-state index in [1.165, 1.54) is 0 Å². The maximum Gasteiger partial charge on any atom is 0.305 e. The summed E-state index contributed by atoms with van der Waals surface area (Å²) >= 11 is 12.6. The molecule has 2 aromatic carbocycles. The van der Waals surface area contributed by atoms with Crippen molar-refractivity contribution in [2.45, 2.75) is 89.9 Å². The zero-order valence-corrected chi connectivity index (χ0v) is 24.8. The molecule has 1 aliphatic heterocycles. The quantitative estimate of drug-likeness (QED) is 0.312. The topological polar surface area (TPSA) is 99.1 Å². The standard InChI is InChI=1S/C31H37Cl2N3O4/c1-19(2)7-12-26(21-8-10-22(11-9-21)29(39)34-20(3)15-27(37)38)36-30(40)28(23-16-24(32)18-25(33)17-23)35-31(36)13-5-4-6-14-31/h8-11,16-20,26H,4-7,12-15H2,1-3H3,(H,34,39)(H,37,38)/t20-,26+/m0/s1. The Kier molecular flexibility index (Phi) is 9.57. The minimum Gasteiger partial charge on any atom is -0.481 e. The van der Waals surface area contributed by atoms with Crippen LogP contribution in [0.4, 0.5) is 0 Å². The summed E-state index contributed by atoms with van der Waals surface area (Å²) < 4.78 is 0. The zero-order chi connectivity index (χ0) is 29.0. The number of rotatable bonds is 10. The smallest absolute Gasteiger partial charge is 0.305 e. The minimum absolute atomic E-state index is 0.127. The van der Waals surface area contributed by atoms with E-state index in [-0.39, 0.29) is 24.3 Å². The van der Waals surface area contributed by atoms with Gasteiger partial charge in [-0.3, -0.25) is 19.4 Å². The second kappa shape index (κ2) is 12.7. The van der Waals surface area contributed by atoms with Crippen LogP contribution in [0.25, 0.3) is 0 Å². The van der Waals surface area contributed by atoms with Crippen LogP contribution < -0.4 is 5.32 Å². The third-order valence-corrected chi connectivity index (χ3v) is 8.16. The van der Waals surface area contributed by atoms with E-state index in [4.69, 9.17) is 33.3 Å². The normalized spacial score (nSPS) is 18.1. The summed E-state index contributed by atoms with van der Waals surface area (Å²) in [7, 11) is 0. The highest BCUT2D eigenvalue weighted by molar-refractivity contribution is 6.47. The molecule has 9 heteroatoms. The second-order valence-corrected chi connectivity index (χ2v) is 12.3. The molecule has 1 saturated carbocycles. The van der Waals surface area contributed by atoms with Gasteiger partial charge in [-0.05, 0) is 87.3 Å². The van der Waals surface area contributed by atoms with Crippen molar-refractivity contribution in [3.05, 3.63) is 69.2 Å². The maximum atomic E-state index is 14.2. The Morgan fingerprint density at radius 2 is 1.62 bits per heavy atom. The number of aliphatic imine (C=N–C) groups is 1. The molecule has 1 heterocycles. The van der Waals surface area contributed by atoms with E-state index < -0.39 is 17.7 Å². The first kappa shape index (κ1) is 30.1. The van der Waals surface area contributed by atoms with E-state index >= 15 is 0 Å². The molecule has 0 unspecified atom stereocenters. The minimum atomic E-state index is -0.968. The number of nitrogens with zero attached hydrogens (tertiary/aromatic N) is 2. The van der Waals surface area contributed by atoms with Crippen LogP contribution in [0.1, 0.15) is 99.7 Å². The van der Waals surface area contributed by atoms with Crippen LogP contribution in [0, 0.1) is 5.92 Å². The van der Waals surface area contributed by atoms with Crippen molar-refractivity contribution in [3.63, 3.8) is 0 Å². The van der Waals surface area contributed by atoms with Crippen LogP contribution >= 0.6 is 23.2 Å². The van der Waals surface area contributed by atoms with Crippen molar-refractivity contribution in [3.8, 4) is 0 Å². The van der Waals surface area contributed by atoms with Gasteiger partial charge in [0.2, 0.25) is 0 Å². The molecule has 2 aromatic rings. The van der Waals surface area contributed by atoms with Crippen LogP contribution in [0.2, 0.25) is 10.0 Å². The fourth-order valence-electron chi connectivity index (χ4n) is 5.81. The Bertz CT molecular complexity index is 1270. The number of hydrogen-bond acceptors (Lipinski definition) is 4.